The Bertz CT molecular complexity index is 3150. The molecule has 2 aromatic heterocycles. The van der Waals surface area contributed by atoms with Gasteiger partial charge >= 0.3 is 0 Å². The number of fused-ring (bicyclic) bond motifs is 7. The molecule has 9 aromatic carbocycles. The number of thiophene rings is 1. The van der Waals surface area contributed by atoms with Gasteiger partial charge in [-0.05, 0) is 82.7 Å². The number of anilines is 3. The Morgan fingerprint density at radius 2 is 0.909 bits per heavy atom. The van der Waals surface area contributed by atoms with Crippen LogP contribution in [-0.2, 0) is 0 Å². The van der Waals surface area contributed by atoms with Gasteiger partial charge in [-0.3, -0.25) is 0 Å². The molecule has 3 heteroatoms. The lowest BCUT2D eigenvalue weighted by Crippen LogP contribution is -2.10. The number of rotatable bonds is 6. The van der Waals surface area contributed by atoms with Gasteiger partial charge in [-0.1, -0.05) is 146 Å². The van der Waals surface area contributed by atoms with Crippen molar-refractivity contribution in [2.24, 2.45) is 0 Å². The summed E-state index contributed by atoms with van der Waals surface area (Å²) in [7, 11) is 0. The Morgan fingerprint density at radius 1 is 0.345 bits per heavy atom. The maximum Gasteiger partial charge on any atom is 0.0541 e. The van der Waals surface area contributed by atoms with Crippen LogP contribution in [0.2, 0.25) is 0 Å². The van der Waals surface area contributed by atoms with Crippen LogP contribution >= 0.6 is 11.3 Å². The maximum absolute atomic E-state index is 2.43. The van der Waals surface area contributed by atoms with Gasteiger partial charge in [0, 0.05) is 53.3 Å². The van der Waals surface area contributed by atoms with Crippen LogP contribution in [0.25, 0.3) is 80.7 Å². The van der Waals surface area contributed by atoms with Gasteiger partial charge in [-0.25, -0.2) is 0 Å². The zero-order chi connectivity index (χ0) is 36.3. The normalized spacial score (nSPS) is 11.6. The van der Waals surface area contributed by atoms with Crippen molar-refractivity contribution >= 4 is 81.1 Å². The van der Waals surface area contributed by atoms with Crippen LogP contribution in [0.1, 0.15) is 0 Å². The third-order valence-electron chi connectivity index (χ3n) is 11.0. The smallest absolute Gasteiger partial charge is 0.0541 e. The van der Waals surface area contributed by atoms with E-state index in [-0.39, 0.29) is 0 Å². The fourth-order valence-corrected chi connectivity index (χ4v) is 9.73. The summed E-state index contributed by atoms with van der Waals surface area (Å²) in [6.07, 6.45) is 0. The standard InChI is InChI=1S/C52H34N2S/c1-2-15-36(16-3-1)53(37-31-29-35(30-32-37)38-23-14-28-51-52(38)45-22-9-13-27-50(45)55-51)49-34-33-40(39-17-4-5-18-41(39)49)42-19-6-10-24-46(42)54-47-25-11-7-20-43(47)44-21-8-12-26-48(44)54/h1-34H. The highest BCUT2D eigenvalue weighted by molar-refractivity contribution is 7.25. The molecule has 0 bridgehead atoms. The third-order valence-corrected chi connectivity index (χ3v) is 12.1. The SMILES string of the molecule is c1ccc(N(c2ccc(-c3cccc4sc5ccccc5c34)cc2)c2ccc(-c3ccccc3-n3c4ccccc4c4ccccc43)c3ccccc23)cc1. The molecule has 0 unspecified atom stereocenters. The minimum atomic E-state index is 1.11. The molecule has 258 valence electrons. The molecule has 0 N–H and O–H groups in total. The molecular weight excluding hydrogens is 685 g/mol. The lowest BCUT2D eigenvalue weighted by molar-refractivity contribution is 1.18. The topological polar surface area (TPSA) is 8.17 Å². The zero-order valence-electron chi connectivity index (χ0n) is 29.9. The highest BCUT2D eigenvalue weighted by atomic mass is 32.1. The first kappa shape index (κ1) is 31.6. The Morgan fingerprint density at radius 3 is 1.67 bits per heavy atom. The molecule has 11 rings (SSSR count). The summed E-state index contributed by atoms with van der Waals surface area (Å²) < 4.78 is 5.07. The molecular formula is C52H34N2S. The number of aromatic nitrogens is 1. The molecule has 0 aliphatic carbocycles. The van der Waals surface area contributed by atoms with E-state index >= 15 is 0 Å². The molecule has 2 heterocycles. The summed E-state index contributed by atoms with van der Waals surface area (Å²) in [5.41, 5.74) is 11.8. The van der Waals surface area contributed by atoms with E-state index in [1.807, 2.05) is 11.3 Å². The Hall–Kier alpha value is -6.94. The molecule has 0 saturated heterocycles. The molecule has 0 fully saturated rings. The number of hydrogen-bond donors (Lipinski definition) is 0. The lowest BCUT2D eigenvalue weighted by Gasteiger charge is -2.28. The second-order valence-electron chi connectivity index (χ2n) is 14.1. The van der Waals surface area contributed by atoms with Crippen molar-refractivity contribution in [3.63, 3.8) is 0 Å². The van der Waals surface area contributed by atoms with Crippen LogP contribution in [0.15, 0.2) is 206 Å². The van der Waals surface area contributed by atoms with Gasteiger partial charge in [0.25, 0.3) is 0 Å². The summed E-state index contributed by atoms with van der Waals surface area (Å²) in [5, 5.41) is 7.58. The van der Waals surface area contributed by atoms with E-state index in [4.69, 9.17) is 0 Å². The van der Waals surface area contributed by atoms with Crippen molar-refractivity contribution in [1.29, 1.82) is 0 Å². The van der Waals surface area contributed by atoms with E-state index in [1.54, 1.807) is 0 Å². The van der Waals surface area contributed by atoms with Crippen molar-refractivity contribution in [3.05, 3.63) is 206 Å². The predicted molar refractivity (Wildman–Crippen MR) is 237 cm³/mol. The Kier molecular flexibility index (Phi) is 7.39. The quantitative estimate of drug-likeness (QED) is 0.166. The van der Waals surface area contributed by atoms with Gasteiger partial charge in [0.05, 0.1) is 22.4 Å². The van der Waals surface area contributed by atoms with Crippen molar-refractivity contribution in [2.45, 2.75) is 0 Å². The molecule has 11 aromatic rings. The van der Waals surface area contributed by atoms with Crippen LogP contribution in [0.3, 0.4) is 0 Å². The van der Waals surface area contributed by atoms with Gasteiger partial charge in [-0.2, -0.15) is 0 Å². The first-order valence-electron chi connectivity index (χ1n) is 18.8. The minimum absolute atomic E-state index is 1.11. The van der Waals surface area contributed by atoms with E-state index < -0.39 is 0 Å². The second kappa shape index (κ2) is 12.9. The molecule has 0 saturated carbocycles. The third kappa shape index (κ3) is 5.09. The summed E-state index contributed by atoms with van der Waals surface area (Å²) in [6.45, 7) is 0. The number of benzene rings is 9. The largest absolute Gasteiger partial charge is 0.310 e. The second-order valence-corrected chi connectivity index (χ2v) is 15.1. The van der Waals surface area contributed by atoms with E-state index in [2.05, 4.69) is 216 Å². The fourth-order valence-electron chi connectivity index (χ4n) is 8.60. The first-order valence-corrected chi connectivity index (χ1v) is 19.6. The first-order chi connectivity index (χ1) is 27.3. The minimum Gasteiger partial charge on any atom is -0.310 e. The van der Waals surface area contributed by atoms with E-state index in [9.17, 15) is 0 Å². The Balaban J connectivity index is 1.08. The van der Waals surface area contributed by atoms with Crippen molar-refractivity contribution in [3.8, 4) is 27.9 Å². The van der Waals surface area contributed by atoms with Crippen LogP contribution < -0.4 is 4.90 Å². The van der Waals surface area contributed by atoms with Crippen LogP contribution in [0.5, 0.6) is 0 Å². The van der Waals surface area contributed by atoms with Gasteiger partial charge < -0.3 is 9.47 Å². The molecule has 0 atom stereocenters. The van der Waals surface area contributed by atoms with E-state index in [0.717, 1.165) is 17.1 Å². The van der Waals surface area contributed by atoms with Crippen molar-refractivity contribution < 1.29 is 0 Å². The molecule has 55 heavy (non-hydrogen) atoms. The summed E-state index contributed by atoms with van der Waals surface area (Å²) in [6, 6.07) is 75.1. The molecule has 0 spiro atoms. The van der Waals surface area contributed by atoms with E-state index in [1.165, 1.54) is 80.7 Å². The highest BCUT2D eigenvalue weighted by Gasteiger charge is 2.20. The van der Waals surface area contributed by atoms with Crippen molar-refractivity contribution in [2.75, 3.05) is 4.90 Å². The van der Waals surface area contributed by atoms with Gasteiger partial charge in [0.1, 0.15) is 0 Å². The van der Waals surface area contributed by atoms with Crippen LogP contribution in [0, 0.1) is 0 Å². The fraction of sp³-hybridized carbons (Fsp3) is 0. The van der Waals surface area contributed by atoms with Crippen LogP contribution in [0.4, 0.5) is 17.1 Å². The lowest BCUT2D eigenvalue weighted by atomic mass is 9.95. The van der Waals surface area contributed by atoms with Gasteiger partial charge in [0.2, 0.25) is 0 Å². The summed E-state index contributed by atoms with van der Waals surface area (Å²) in [4.78, 5) is 2.40. The van der Waals surface area contributed by atoms with Crippen LogP contribution in [-0.4, -0.2) is 4.57 Å². The average molecular weight is 719 g/mol. The van der Waals surface area contributed by atoms with Gasteiger partial charge in [0.15, 0.2) is 0 Å². The molecule has 2 nitrogen and oxygen atoms in total. The van der Waals surface area contributed by atoms with Crippen molar-refractivity contribution in [1.82, 2.24) is 4.57 Å². The Labute approximate surface area is 323 Å². The monoisotopic (exact) mass is 718 g/mol. The highest BCUT2D eigenvalue weighted by Crippen LogP contribution is 2.45. The average Bonchev–Trinajstić information content (AvgIpc) is 3.81. The molecule has 0 aliphatic heterocycles. The molecule has 0 amide bonds. The number of hydrogen-bond acceptors (Lipinski definition) is 2. The molecule has 0 radical (unpaired) electrons. The maximum atomic E-state index is 2.43. The summed E-state index contributed by atoms with van der Waals surface area (Å²) >= 11 is 1.86. The zero-order valence-corrected chi connectivity index (χ0v) is 30.7. The van der Waals surface area contributed by atoms with Gasteiger partial charge in [-0.15, -0.1) is 11.3 Å². The number of para-hydroxylation sites is 4. The number of nitrogens with zero attached hydrogens (tertiary/aromatic N) is 2. The summed E-state index contributed by atoms with van der Waals surface area (Å²) in [5.74, 6) is 0. The van der Waals surface area contributed by atoms with E-state index in [0.29, 0.717) is 0 Å². The molecule has 0 aliphatic rings. The predicted octanol–water partition coefficient (Wildman–Crippen LogP) is 15.1.